The second kappa shape index (κ2) is 4.82. The SMILES string of the molecule is CC(C)(O)CCc1ccc(-c2cc(N)n[nH]2)cc1. The van der Waals surface area contributed by atoms with Crippen LogP contribution in [0.4, 0.5) is 5.82 Å². The van der Waals surface area contributed by atoms with E-state index in [1.54, 1.807) is 0 Å². The summed E-state index contributed by atoms with van der Waals surface area (Å²) < 4.78 is 0. The number of aliphatic hydroxyl groups is 1. The van der Waals surface area contributed by atoms with E-state index in [4.69, 9.17) is 5.73 Å². The van der Waals surface area contributed by atoms with Gasteiger partial charge in [0.05, 0.1) is 11.3 Å². The molecule has 0 unspecified atom stereocenters. The monoisotopic (exact) mass is 245 g/mol. The standard InChI is InChI=1S/C14H19N3O/c1-14(2,18)8-7-10-3-5-11(6-4-10)12-9-13(15)17-16-12/h3-6,9,18H,7-8H2,1-2H3,(H3,15,16,17). The number of nitrogens with two attached hydrogens (primary N) is 1. The van der Waals surface area contributed by atoms with Crippen molar-refractivity contribution in [3.8, 4) is 11.3 Å². The van der Waals surface area contributed by atoms with Gasteiger partial charge in [0.25, 0.3) is 0 Å². The zero-order valence-electron chi connectivity index (χ0n) is 10.8. The quantitative estimate of drug-likeness (QED) is 0.774. The molecule has 0 fully saturated rings. The van der Waals surface area contributed by atoms with Gasteiger partial charge in [0.15, 0.2) is 0 Å². The molecule has 96 valence electrons. The van der Waals surface area contributed by atoms with E-state index < -0.39 is 5.60 Å². The summed E-state index contributed by atoms with van der Waals surface area (Å²) in [6, 6.07) is 10.0. The topological polar surface area (TPSA) is 74.9 Å². The van der Waals surface area contributed by atoms with Gasteiger partial charge >= 0.3 is 0 Å². The second-order valence-electron chi connectivity index (χ2n) is 5.22. The van der Waals surface area contributed by atoms with E-state index in [0.29, 0.717) is 5.82 Å². The lowest BCUT2D eigenvalue weighted by molar-refractivity contribution is 0.0714. The van der Waals surface area contributed by atoms with Crippen LogP contribution in [0.3, 0.4) is 0 Å². The van der Waals surface area contributed by atoms with Crippen LogP contribution in [-0.2, 0) is 6.42 Å². The molecule has 0 saturated heterocycles. The molecule has 4 nitrogen and oxygen atoms in total. The fourth-order valence-corrected chi connectivity index (χ4v) is 1.79. The molecular weight excluding hydrogens is 226 g/mol. The molecule has 0 spiro atoms. The van der Waals surface area contributed by atoms with Gasteiger partial charge in [0.2, 0.25) is 0 Å². The lowest BCUT2D eigenvalue weighted by Gasteiger charge is -2.16. The summed E-state index contributed by atoms with van der Waals surface area (Å²) in [7, 11) is 0. The molecule has 0 aliphatic heterocycles. The van der Waals surface area contributed by atoms with Crippen LogP contribution >= 0.6 is 0 Å². The number of benzene rings is 1. The van der Waals surface area contributed by atoms with E-state index in [0.717, 1.165) is 24.1 Å². The Morgan fingerprint density at radius 3 is 2.44 bits per heavy atom. The van der Waals surface area contributed by atoms with Crippen LogP contribution in [0.1, 0.15) is 25.8 Å². The van der Waals surface area contributed by atoms with E-state index in [9.17, 15) is 5.11 Å². The zero-order chi connectivity index (χ0) is 13.2. The Kier molecular flexibility index (Phi) is 3.39. The number of hydrogen-bond donors (Lipinski definition) is 3. The summed E-state index contributed by atoms with van der Waals surface area (Å²) in [5.41, 5.74) is 8.15. The van der Waals surface area contributed by atoms with E-state index in [1.807, 2.05) is 32.0 Å². The molecule has 0 saturated carbocycles. The Labute approximate surface area is 107 Å². The van der Waals surface area contributed by atoms with Gasteiger partial charge in [-0.15, -0.1) is 0 Å². The van der Waals surface area contributed by atoms with Gasteiger partial charge in [-0.3, -0.25) is 5.10 Å². The summed E-state index contributed by atoms with van der Waals surface area (Å²) in [4.78, 5) is 0. The van der Waals surface area contributed by atoms with Crippen LogP contribution < -0.4 is 5.73 Å². The molecule has 0 bridgehead atoms. The molecule has 0 atom stereocenters. The summed E-state index contributed by atoms with van der Waals surface area (Å²) in [6.07, 6.45) is 1.62. The van der Waals surface area contributed by atoms with Gasteiger partial charge in [-0.2, -0.15) is 5.10 Å². The van der Waals surface area contributed by atoms with Crippen LogP contribution in [0.5, 0.6) is 0 Å². The highest BCUT2D eigenvalue weighted by Crippen LogP contribution is 2.20. The molecule has 4 heteroatoms. The molecule has 2 rings (SSSR count). The number of aromatic nitrogens is 2. The molecule has 1 heterocycles. The van der Waals surface area contributed by atoms with Gasteiger partial charge in [0.1, 0.15) is 5.82 Å². The zero-order valence-corrected chi connectivity index (χ0v) is 10.8. The van der Waals surface area contributed by atoms with E-state index in [1.165, 1.54) is 5.56 Å². The molecule has 1 aromatic carbocycles. The maximum atomic E-state index is 9.69. The van der Waals surface area contributed by atoms with Crippen LogP contribution in [0.25, 0.3) is 11.3 Å². The Morgan fingerprint density at radius 2 is 1.94 bits per heavy atom. The minimum atomic E-state index is -0.615. The third kappa shape index (κ3) is 3.34. The van der Waals surface area contributed by atoms with Crippen LogP contribution in [0.2, 0.25) is 0 Å². The number of H-pyrrole nitrogens is 1. The van der Waals surface area contributed by atoms with Gasteiger partial charge in [0, 0.05) is 6.07 Å². The van der Waals surface area contributed by atoms with Crippen LogP contribution in [-0.4, -0.2) is 20.9 Å². The maximum absolute atomic E-state index is 9.69. The van der Waals surface area contributed by atoms with E-state index in [2.05, 4.69) is 22.3 Å². The second-order valence-corrected chi connectivity index (χ2v) is 5.22. The molecule has 18 heavy (non-hydrogen) atoms. The molecule has 1 aromatic heterocycles. The minimum Gasteiger partial charge on any atom is -0.390 e. The average molecular weight is 245 g/mol. The van der Waals surface area contributed by atoms with Crippen LogP contribution in [0, 0.1) is 0 Å². The smallest absolute Gasteiger partial charge is 0.145 e. The van der Waals surface area contributed by atoms with Gasteiger partial charge in [-0.1, -0.05) is 24.3 Å². The summed E-state index contributed by atoms with van der Waals surface area (Å²) >= 11 is 0. The predicted molar refractivity (Wildman–Crippen MR) is 73.1 cm³/mol. The molecule has 0 radical (unpaired) electrons. The highest BCUT2D eigenvalue weighted by Gasteiger charge is 2.12. The fourth-order valence-electron chi connectivity index (χ4n) is 1.79. The van der Waals surface area contributed by atoms with Gasteiger partial charge < -0.3 is 10.8 Å². The first-order valence-corrected chi connectivity index (χ1v) is 6.07. The third-order valence-corrected chi connectivity index (χ3v) is 2.89. The molecule has 2 aromatic rings. The third-order valence-electron chi connectivity index (χ3n) is 2.89. The predicted octanol–water partition coefficient (Wildman–Crippen LogP) is 2.36. The number of anilines is 1. The number of aryl methyl sites for hydroxylation is 1. The Hall–Kier alpha value is -1.81. The summed E-state index contributed by atoms with van der Waals surface area (Å²) in [5.74, 6) is 0.496. The van der Waals surface area contributed by atoms with E-state index >= 15 is 0 Å². The number of aromatic amines is 1. The highest BCUT2D eigenvalue weighted by atomic mass is 16.3. The van der Waals surface area contributed by atoms with Crippen LogP contribution in [0.15, 0.2) is 30.3 Å². The summed E-state index contributed by atoms with van der Waals surface area (Å²) in [5, 5.41) is 16.5. The number of nitrogens with one attached hydrogen (secondary N) is 1. The lowest BCUT2D eigenvalue weighted by Crippen LogP contribution is -2.19. The Balaban J connectivity index is 2.06. The minimum absolute atomic E-state index is 0.496. The summed E-state index contributed by atoms with van der Waals surface area (Å²) in [6.45, 7) is 3.66. The van der Waals surface area contributed by atoms with Crippen molar-refractivity contribution in [1.29, 1.82) is 0 Å². The van der Waals surface area contributed by atoms with Crippen molar-refractivity contribution in [2.45, 2.75) is 32.3 Å². The van der Waals surface area contributed by atoms with Crippen molar-refractivity contribution >= 4 is 5.82 Å². The first-order chi connectivity index (χ1) is 8.44. The number of rotatable bonds is 4. The van der Waals surface area contributed by atoms with Crippen molar-refractivity contribution in [3.63, 3.8) is 0 Å². The molecule has 0 aliphatic rings. The number of hydrogen-bond acceptors (Lipinski definition) is 3. The van der Waals surface area contributed by atoms with Gasteiger partial charge in [-0.05, 0) is 37.8 Å². The van der Waals surface area contributed by atoms with E-state index in [-0.39, 0.29) is 0 Å². The average Bonchev–Trinajstić information content (AvgIpc) is 2.73. The normalized spacial score (nSPS) is 11.7. The number of nitrogen functional groups attached to an aromatic ring is 1. The fraction of sp³-hybridized carbons (Fsp3) is 0.357. The first-order valence-electron chi connectivity index (χ1n) is 6.07. The molecule has 0 amide bonds. The molecule has 0 aliphatic carbocycles. The van der Waals surface area contributed by atoms with Crippen molar-refractivity contribution < 1.29 is 5.11 Å². The molecule has 4 N–H and O–H groups in total. The van der Waals surface area contributed by atoms with Crippen molar-refractivity contribution in [2.75, 3.05) is 5.73 Å². The highest BCUT2D eigenvalue weighted by molar-refractivity contribution is 5.62. The van der Waals surface area contributed by atoms with Crippen molar-refractivity contribution in [2.24, 2.45) is 0 Å². The first kappa shape index (κ1) is 12.6. The maximum Gasteiger partial charge on any atom is 0.145 e. The lowest BCUT2D eigenvalue weighted by atomic mass is 9.98. The van der Waals surface area contributed by atoms with Crippen molar-refractivity contribution in [3.05, 3.63) is 35.9 Å². The Bertz CT molecular complexity index is 509. The Morgan fingerprint density at radius 1 is 1.28 bits per heavy atom. The van der Waals surface area contributed by atoms with Gasteiger partial charge in [-0.25, -0.2) is 0 Å². The van der Waals surface area contributed by atoms with Crippen molar-refractivity contribution in [1.82, 2.24) is 10.2 Å². The molecular formula is C14H19N3O. The number of nitrogens with zero attached hydrogens (tertiary/aromatic N) is 1. The largest absolute Gasteiger partial charge is 0.390 e.